The summed E-state index contributed by atoms with van der Waals surface area (Å²) in [5.74, 6) is 1.20. The first-order valence-corrected chi connectivity index (χ1v) is 11.2. The number of rotatable bonds is 6. The van der Waals surface area contributed by atoms with Gasteiger partial charge in [0.2, 0.25) is 5.91 Å². The van der Waals surface area contributed by atoms with Crippen LogP contribution in [0, 0.1) is 6.92 Å². The standard InChI is InChI=1S/C20H19N5OS2/c1-13-21-19-16-4-2-3-5-17(16)22-20(25(19)23-13)28-12-18(26)24(15-6-7-15)10-14-8-9-27-11-14/h2-5,8-9,11,15H,6-7,10,12H2,1H3. The lowest BCUT2D eigenvalue weighted by molar-refractivity contribution is -0.129. The van der Waals surface area contributed by atoms with Gasteiger partial charge in [0, 0.05) is 18.0 Å². The summed E-state index contributed by atoms with van der Waals surface area (Å²) in [5.41, 5.74) is 2.86. The zero-order valence-electron chi connectivity index (χ0n) is 15.4. The zero-order valence-corrected chi connectivity index (χ0v) is 17.0. The number of para-hydroxylation sites is 1. The lowest BCUT2D eigenvalue weighted by Gasteiger charge is -2.21. The first kappa shape index (κ1) is 17.6. The Morgan fingerprint density at radius 2 is 2.14 bits per heavy atom. The Morgan fingerprint density at radius 3 is 2.93 bits per heavy atom. The van der Waals surface area contributed by atoms with Crippen molar-refractivity contribution in [3.63, 3.8) is 0 Å². The molecule has 3 heterocycles. The number of fused-ring (bicyclic) bond motifs is 3. The molecule has 8 heteroatoms. The Kier molecular flexibility index (Phi) is 4.52. The number of aromatic nitrogens is 4. The lowest BCUT2D eigenvalue weighted by atomic mass is 10.2. The van der Waals surface area contributed by atoms with Crippen molar-refractivity contribution in [3.8, 4) is 0 Å². The molecule has 0 radical (unpaired) electrons. The van der Waals surface area contributed by atoms with E-state index in [1.807, 2.05) is 36.1 Å². The topological polar surface area (TPSA) is 63.4 Å². The van der Waals surface area contributed by atoms with E-state index in [1.165, 1.54) is 17.3 Å². The number of aryl methyl sites for hydroxylation is 1. The Bertz CT molecular complexity index is 1150. The number of carbonyl (C=O) groups excluding carboxylic acids is 1. The van der Waals surface area contributed by atoms with Gasteiger partial charge in [-0.15, -0.1) is 5.10 Å². The van der Waals surface area contributed by atoms with Gasteiger partial charge in [-0.2, -0.15) is 15.9 Å². The minimum absolute atomic E-state index is 0.152. The SMILES string of the molecule is Cc1nc2c3ccccc3nc(SCC(=O)N(Cc3ccsc3)C3CC3)n2n1. The fourth-order valence-electron chi connectivity index (χ4n) is 3.32. The minimum Gasteiger partial charge on any atom is -0.335 e. The van der Waals surface area contributed by atoms with E-state index in [1.54, 1.807) is 15.9 Å². The van der Waals surface area contributed by atoms with Crippen molar-refractivity contribution in [2.45, 2.75) is 37.5 Å². The van der Waals surface area contributed by atoms with E-state index in [-0.39, 0.29) is 5.91 Å². The van der Waals surface area contributed by atoms with Crippen molar-refractivity contribution >= 4 is 45.6 Å². The van der Waals surface area contributed by atoms with E-state index in [4.69, 9.17) is 4.98 Å². The van der Waals surface area contributed by atoms with Crippen molar-refractivity contribution in [1.82, 2.24) is 24.5 Å². The maximum Gasteiger partial charge on any atom is 0.233 e. The summed E-state index contributed by atoms with van der Waals surface area (Å²) in [5, 5.41) is 10.3. The summed E-state index contributed by atoms with van der Waals surface area (Å²) in [6.45, 7) is 2.56. The molecule has 1 amide bonds. The molecular weight excluding hydrogens is 390 g/mol. The highest BCUT2D eigenvalue weighted by atomic mass is 32.2. The molecule has 0 spiro atoms. The molecule has 28 heavy (non-hydrogen) atoms. The van der Waals surface area contributed by atoms with Gasteiger partial charge in [0.25, 0.3) is 0 Å². The highest BCUT2D eigenvalue weighted by Gasteiger charge is 2.32. The molecule has 4 aromatic rings. The highest BCUT2D eigenvalue weighted by molar-refractivity contribution is 7.99. The first-order chi connectivity index (χ1) is 13.7. The molecule has 1 saturated carbocycles. The predicted molar refractivity (Wildman–Crippen MR) is 112 cm³/mol. The van der Waals surface area contributed by atoms with Gasteiger partial charge in [-0.3, -0.25) is 4.79 Å². The summed E-state index contributed by atoms with van der Waals surface area (Å²) in [7, 11) is 0. The molecule has 142 valence electrons. The molecule has 5 rings (SSSR count). The maximum absolute atomic E-state index is 13.0. The van der Waals surface area contributed by atoms with Crippen LogP contribution in [0.2, 0.25) is 0 Å². The van der Waals surface area contributed by atoms with Crippen LogP contribution >= 0.6 is 23.1 Å². The average Bonchev–Trinajstić information content (AvgIpc) is 3.25. The lowest BCUT2D eigenvalue weighted by Crippen LogP contribution is -2.33. The third-order valence-corrected chi connectivity index (χ3v) is 6.47. The number of carbonyl (C=O) groups is 1. The van der Waals surface area contributed by atoms with E-state index in [0.29, 0.717) is 29.3 Å². The molecule has 1 aliphatic carbocycles. The third-order valence-electron chi connectivity index (χ3n) is 4.82. The fourth-order valence-corrected chi connectivity index (χ4v) is 4.81. The smallest absolute Gasteiger partial charge is 0.233 e. The highest BCUT2D eigenvalue weighted by Crippen LogP contribution is 2.30. The van der Waals surface area contributed by atoms with E-state index in [2.05, 4.69) is 26.9 Å². The van der Waals surface area contributed by atoms with E-state index in [0.717, 1.165) is 29.4 Å². The van der Waals surface area contributed by atoms with Crippen LogP contribution in [0.5, 0.6) is 0 Å². The summed E-state index contributed by atoms with van der Waals surface area (Å²) < 4.78 is 1.76. The van der Waals surface area contributed by atoms with E-state index < -0.39 is 0 Å². The summed E-state index contributed by atoms with van der Waals surface area (Å²) in [6, 6.07) is 10.4. The first-order valence-electron chi connectivity index (χ1n) is 9.24. The number of benzene rings is 1. The van der Waals surface area contributed by atoms with Gasteiger partial charge in [-0.05, 0) is 54.3 Å². The van der Waals surface area contributed by atoms with Crippen molar-refractivity contribution in [3.05, 3.63) is 52.5 Å². The third kappa shape index (κ3) is 3.38. The van der Waals surface area contributed by atoms with E-state index in [9.17, 15) is 4.79 Å². The zero-order chi connectivity index (χ0) is 19.1. The Labute approximate surface area is 170 Å². The van der Waals surface area contributed by atoms with Gasteiger partial charge in [0.05, 0.1) is 11.3 Å². The van der Waals surface area contributed by atoms with Crippen LogP contribution in [-0.2, 0) is 11.3 Å². The number of thioether (sulfide) groups is 1. The second-order valence-electron chi connectivity index (χ2n) is 6.98. The second-order valence-corrected chi connectivity index (χ2v) is 8.70. The molecule has 1 aliphatic rings. The summed E-state index contributed by atoms with van der Waals surface area (Å²) >= 11 is 3.10. The molecular formula is C20H19N5OS2. The van der Waals surface area contributed by atoms with Crippen molar-refractivity contribution < 1.29 is 4.79 Å². The second kappa shape index (κ2) is 7.18. The van der Waals surface area contributed by atoms with Gasteiger partial charge in [0.15, 0.2) is 10.8 Å². The van der Waals surface area contributed by atoms with Gasteiger partial charge in [0.1, 0.15) is 5.82 Å². The molecule has 0 N–H and O–H groups in total. The molecule has 0 unspecified atom stereocenters. The van der Waals surface area contributed by atoms with Crippen LogP contribution < -0.4 is 0 Å². The maximum atomic E-state index is 13.0. The number of amides is 1. The predicted octanol–water partition coefficient (Wildman–Crippen LogP) is 3.93. The monoisotopic (exact) mass is 409 g/mol. The number of nitrogens with zero attached hydrogens (tertiary/aromatic N) is 5. The molecule has 0 saturated heterocycles. The van der Waals surface area contributed by atoms with Gasteiger partial charge in [-0.25, -0.2) is 9.97 Å². The molecule has 3 aromatic heterocycles. The van der Waals surface area contributed by atoms with Gasteiger partial charge >= 0.3 is 0 Å². The van der Waals surface area contributed by atoms with Gasteiger partial charge in [-0.1, -0.05) is 23.9 Å². The van der Waals surface area contributed by atoms with Crippen molar-refractivity contribution in [1.29, 1.82) is 0 Å². The molecule has 0 atom stereocenters. The molecule has 0 bridgehead atoms. The van der Waals surface area contributed by atoms with Gasteiger partial charge < -0.3 is 4.90 Å². The van der Waals surface area contributed by atoms with Crippen LogP contribution in [0.15, 0.2) is 46.2 Å². The minimum atomic E-state index is 0.152. The van der Waals surface area contributed by atoms with Crippen molar-refractivity contribution in [2.24, 2.45) is 0 Å². The average molecular weight is 410 g/mol. The number of thiophene rings is 1. The van der Waals surface area contributed by atoms with Crippen LogP contribution in [0.1, 0.15) is 24.2 Å². The molecule has 1 aromatic carbocycles. The quantitative estimate of drug-likeness (QED) is 0.357. The Hall–Kier alpha value is -2.45. The van der Waals surface area contributed by atoms with Crippen LogP contribution in [0.25, 0.3) is 16.6 Å². The largest absolute Gasteiger partial charge is 0.335 e. The number of hydrogen-bond acceptors (Lipinski definition) is 6. The molecule has 1 fully saturated rings. The van der Waals surface area contributed by atoms with E-state index >= 15 is 0 Å². The summed E-state index contributed by atoms with van der Waals surface area (Å²) in [6.07, 6.45) is 2.20. The fraction of sp³-hybridized carbons (Fsp3) is 0.300. The van der Waals surface area contributed by atoms with Crippen LogP contribution in [0.4, 0.5) is 0 Å². The molecule has 6 nitrogen and oxygen atoms in total. The Morgan fingerprint density at radius 1 is 1.29 bits per heavy atom. The van der Waals surface area contributed by atoms with Crippen LogP contribution in [-0.4, -0.2) is 42.2 Å². The Balaban J connectivity index is 1.40. The number of hydrogen-bond donors (Lipinski definition) is 0. The van der Waals surface area contributed by atoms with Crippen LogP contribution in [0.3, 0.4) is 0 Å². The normalized spacial score (nSPS) is 14.0. The molecule has 0 aliphatic heterocycles. The van der Waals surface area contributed by atoms with Crippen molar-refractivity contribution in [2.75, 3.05) is 5.75 Å². The summed E-state index contributed by atoms with van der Waals surface area (Å²) in [4.78, 5) is 24.3.